The van der Waals surface area contributed by atoms with Gasteiger partial charge in [-0.2, -0.15) is 0 Å². The molecule has 6 nitrogen and oxygen atoms in total. The van der Waals surface area contributed by atoms with Crippen LogP contribution in [-0.4, -0.2) is 31.3 Å². The first kappa shape index (κ1) is 19.6. The van der Waals surface area contributed by atoms with Crippen LogP contribution in [0.25, 0.3) is 0 Å². The summed E-state index contributed by atoms with van der Waals surface area (Å²) < 4.78 is 22.7. The summed E-state index contributed by atoms with van der Waals surface area (Å²) in [5.74, 6) is -0.115. The van der Waals surface area contributed by atoms with Gasteiger partial charge in [-0.3, -0.25) is 4.79 Å². The van der Waals surface area contributed by atoms with Crippen LogP contribution in [0.1, 0.15) is 54.0 Å². The van der Waals surface area contributed by atoms with Crippen molar-refractivity contribution in [2.45, 2.75) is 44.0 Å². The van der Waals surface area contributed by atoms with Crippen molar-refractivity contribution in [3.05, 3.63) is 45.9 Å². The molecule has 0 spiro atoms. The number of thiazole rings is 1. The molecule has 0 radical (unpaired) electrons. The lowest BCUT2D eigenvalue weighted by atomic mass is 9.98. The molecule has 0 saturated carbocycles. The highest BCUT2D eigenvalue weighted by Gasteiger charge is 2.24. The molecule has 8 heteroatoms. The molecule has 0 aliphatic carbocycles. The van der Waals surface area contributed by atoms with Crippen LogP contribution in [0.15, 0.2) is 35.4 Å². The minimum atomic E-state index is -3.72. The highest BCUT2D eigenvalue weighted by Crippen LogP contribution is 2.29. The Morgan fingerprint density at radius 3 is 2.24 bits per heavy atom. The SMILES string of the molecule is CC(c1ccc(S(N)(=O)=O)cc1)N(C)C(=O)c1cnc(C(C)(C)C)s1. The molecule has 2 N–H and O–H groups in total. The number of sulfonamides is 1. The topological polar surface area (TPSA) is 93.4 Å². The number of rotatable bonds is 4. The van der Waals surface area contributed by atoms with E-state index in [-0.39, 0.29) is 22.3 Å². The van der Waals surface area contributed by atoms with Gasteiger partial charge in [0.1, 0.15) is 4.88 Å². The van der Waals surface area contributed by atoms with E-state index < -0.39 is 10.0 Å². The third-order valence-electron chi connectivity index (χ3n) is 3.95. The Balaban J connectivity index is 2.20. The summed E-state index contributed by atoms with van der Waals surface area (Å²) in [6.45, 7) is 8.05. The monoisotopic (exact) mass is 381 g/mol. The number of hydrogen-bond donors (Lipinski definition) is 1. The lowest BCUT2D eigenvalue weighted by Gasteiger charge is -2.25. The van der Waals surface area contributed by atoms with Gasteiger partial charge in [-0.05, 0) is 24.6 Å². The molecule has 2 aromatic rings. The number of carbonyl (C=O) groups excluding carboxylic acids is 1. The summed E-state index contributed by atoms with van der Waals surface area (Å²) in [4.78, 5) is 19.3. The normalized spacial score (nSPS) is 13.5. The van der Waals surface area contributed by atoms with Gasteiger partial charge in [0.2, 0.25) is 10.0 Å². The smallest absolute Gasteiger partial charge is 0.265 e. The van der Waals surface area contributed by atoms with Gasteiger partial charge in [-0.25, -0.2) is 18.5 Å². The molecule has 25 heavy (non-hydrogen) atoms. The Morgan fingerprint density at radius 1 is 1.24 bits per heavy atom. The van der Waals surface area contributed by atoms with Crippen LogP contribution in [0, 0.1) is 0 Å². The van der Waals surface area contributed by atoms with Gasteiger partial charge in [0.05, 0.1) is 22.1 Å². The maximum Gasteiger partial charge on any atom is 0.265 e. The standard InChI is InChI=1S/C17H23N3O3S2/c1-11(12-6-8-13(9-7-12)25(18,22)23)20(5)15(21)14-10-19-16(24-14)17(2,3)4/h6-11H,1-5H3,(H2,18,22,23). The van der Waals surface area contributed by atoms with Gasteiger partial charge in [0.15, 0.2) is 0 Å². The van der Waals surface area contributed by atoms with Crippen LogP contribution in [0.3, 0.4) is 0 Å². The van der Waals surface area contributed by atoms with E-state index in [4.69, 9.17) is 5.14 Å². The molecular formula is C17H23N3O3S2. The van der Waals surface area contributed by atoms with Crippen molar-refractivity contribution < 1.29 is 13.2 Å². The Kier molecular flexibility index (Phi) is 5.36. The third-order valence-corrected chi connectivity index (χ3v) is 6.29. The molecule has 136 valence electrons. The van der Waals surface area contributed by atoms with Crippen molar-refractivity contribution in [3.63, 3.8) is 0 Å². The largest absolute Gasteiger partial charge is 0.334 e. The number of primary sulfonamides is 1. The number of carbonyl (C=O) groups is 1. The van der Waals surface area contributed by atoms with Crippen LogP contribution in [0.5, 0.6) is 0 Å². The Hall–Kier alpha value is -1.77. The second kappa shape index (κ2) is 6.86. The maximum absolute atomic E-state index is 12.7. The summed E-state index contributed by atoms with van der Waals surface area (Å²) in [6, 6.07) is 6.01. The fourth-order valence-electron chi connectivity index (χ4n) is 2.23. The molecule has 1 heterocycles. The summed E-state index contributed by atoms with van der Waals surface area (Å²) in [5, 5.41) is 6.02. The quantitative estimate of drug-likeness (QED) is 0.881. The van der Waals surface area contributed by atoms with Crippen molar-refractivity contribution in [3.8, 4) is 0 Å². The molecule has 1 aromatic carbocycles. The number of hydrogen-bond acceptors (Lipinski definition) is 5. The minimum absolute atomic E-state index is 0.0507. The van der Waals surface area contributed by atoms with Crippen LogP contribution in [0.4, 0.5) is 0 Å². The van der Waals surface area contributed by atoms with Crippen LogP contribution >= 0.6 is 11.3 Å². The van der Waals surface area contributed by atoms with Gasteiger partial charge in [-0.1, -0.05) is 32.9 Å². The zero-order chi connectivity index (χ0) is 19.0. The van der Waals surface area contributed by atoms with Gasteiger partial charge in [0.25, 0.3) is 5.91 Å². The average Bonchev–Trinajstić information content (AvgIpc) is 3.02. The predicted octanol–water partition coefficient (Wildman–Crippen LogP) is 2.92. The molecule has 2 rings (SSSR count). The first-order valence-electron chi connectivity index (χ1n) is 7.77. The Morgan fingerprint density at radius 2 is 1.80 bits per heavy atom. The van der Waals surface area contributed by atoms with E-state index in [1.54, 1.807) is 30.3 Å². The molecule has 1 unspecified atom stereocenters. The van der Waals surface area contributed by atoms with Crippen molar-refractivity contribution in [1.82, 2.24) is 9.88 Å². The van der Waals surface area contributed by atoms with Crippen molar-refractivity contribution in [1.29, 1.82) is 0 Å². The lowest BCUT2D eigenvalue weighted by molar-refractivity contribution is 0.0747. The lowest BCUT2D eigenvalue weighted by Crippen LogP contribution is -2.29. The van der Waals surface area contributed by atoms with E-state index >= 15 is 0 Å². The van der Waals surface area contributed by atoms with Gasteiger partial charge in [-0.15, -0.1) is 11.3 Å². The number of amides is 1. The van der Waals surface area contributed by atoms with Crippen molar-refractivity contribution in [2.24, 2.45) is 5.14 Å². The summed E-state index contributed by atoms with van der Waals surface area (Å²) >= 11 is 1.40. The number of nitrogens with two attached hydrogens (primary N) is 1. The average molecular weight is 382 g/mol. The Labute approximate surface area is 152 Å². The van der Waals surface area contributed by atoms with E-state index in [0.29, 0.717) is 4.88 Å². The van der Waals surface area contributed by atoms with E-state index in [1.165, 1.54) is 23.5 Å². The van der Waals surface area contributed by atoms with E-state index in [9.17, 15) is 13.2 Å². The highest BCUT2D eigenvalue weighted by atomic mass is 32.2. The molecular weight excluding hydrogens is 358 g/mol. The van der Waals surface area contributed by atoms with Gasteiger partial charge in [0, 0.05) is 12.5 Å². The summed E-state index contributed by atoms with van der Waals surface area (Å²) in [5.41, 5.74) is 0.723. The van der Waals surface area contributed by atoms with Crippen LogP contribution < -0.4 is 5.14 Å². The zero-order valence-electron chi connectivity index (χ0n) is 15.0. The maximum atomic E-state index is 12.7. The predicted molar refractivity (Wildman–Crippen MR) is 99.1 cm³/mol. The van der Waals surface area contributed by atoms with Crippen LogP contribution in [0.2, 0.25) is 0 Å². The zero-order valence-corrected chi connectivity index (χ0v) is 16.6. The number of benzene rings is 1. The van der Waals surface area contributed by atoms with Crippen molar-refractivity contribution in [2.75, 3.05) is 7.05 Å². The van der Waals surface area contributed by atoms with E-state index in [2.05, 4.69) is 25.8 Å². The van der Waals surface area contributed by atoms with Crippen molar-refractivity contribution >= 4 is 27.3 Å². The molecule has 1 atom stereocenters. The number of nitrogens with zero attached hydrogens (tertiary/aromatic N) is 2. The molecule has 0 bridgehead atoms. The van der Waals surface area contributed by atoms with E-state index in [1.807, 2.05) is 6.92 Å². The highest BCUT2D eigenvalue weighted by molar-refractivity contribution is 7.89. The molecule has 1 aromatic heterocycles. The first-order chi connectivity index (χ1) is 11.4. The third kappa shape index (κ3) is 4.45. The van der Waals surface area contributed by atoms with Gasteiger partial charge >= 0.3 is 0 Å². The molecule has 1 amide bonds. The summed E-state index contributed by atoms with van der Waals surface area (Å²) in [7, 11) is -2.00. The molecule has 0 aliphatic rings. The van der Waals surface area contributed by atoms with Gasteiger partial charge < -0.3 is 4.90 Å². The van der Waals surface area contributed by atoms with E-state index in [0.717, 1.165) is 10.6 Å². The minimum Gasteiger partial charge on any atom is -0.334 e. The summed E-state index contributed by atoms with van der Waals surface area (Å²) in [6.07, 6.45) is 1.61. The van der Waals surface area contributed by atoms with Crippen LogP contribution in [-0.2, 0) is 15.4 Å². The number of aromatic nitrogens is 1. The fraction of sp³-hybridized carbons (Fsp3) is 0.412. The first-order valence-corrected chi connectivity index (χ1v) is 10.1. The molecule has 0 fully saturated rings. The molecule has 0 aliphatic heterocycles. The second-order valence-electron chi connectivity index (χ2n) is 6.99. The Bertz CT molecular complexity index is 865. The molecule has 0 saturated heterocycles. The fourth-order valence-corrected chi connectivity index (χ4v) is 3.70. The second-order valence-corrected chi connectivity index (χ2v) is 9.58.